The largest absolute Gasteiger partial charge is 0.354 e. The predicted octanol–water partition coefficient (Wildman–Crippen LogP) is 2.99. The van der Waals surface area contributed by atoms with Crippen molar-refractivity contribution in [2.45, 2.75) is 32.2 Å². The molecule has 2 rings (SSSR count). The summed E-state index contributed by atoms with van der Waals surface area (Å²) in [5, 5.41) is 0. The minimum Gasteiger partial charge on any atom is -0.354 e. The summed E-state index contributed by atoms with van der Waals surface area (Å²) >= 11 is 0. The van der Waals surface area contributed by atoms with Crippen LogP contribution >= 0.6 is 0 Å². The predicted molar refractivity (Wildman–Crippen MR) is 51.0 cm³/mol. The number of unbranched alkanes of at least 4 members (excludes halogenated alkanes) is 1. The number of hydrogen-bond acceptors (Lipinski definition) is 0. The van der Waals surface area contributed by atoms with Crippen molar-refractivity contribution in [1.29, 1.82) is 0 Å². The third kappa shape index (κ3) is 2.26. The lowest BCUT2D eigenvalue weighted by atomic mass is 10.3. The normalized spacial score (nSPS) is 14.8. The van der Waals surface area contributed by atoms with Crippen molar-refractivity contribution in [3.8, 4) is 0 Å². The van der Waals surface area contributed by atoms with E-state index in [0.29, 0.717) is 0 Å². The van der Waals surface area contributed by atoms with Gasteiger partial charge >= 0.3 is 0 Å². The van der Waals surface area contributed by atoms with Gasteiger partial charge in [0.25, 0.3) is 0 Å². The fourth-order valence-electron chi connectivity index (χ4n) is 1.38. The molecule has 0 atom stereocenters. The van der Waals surface area contributed by atoms with Crippen LogP contribution in [0, 0.1) is 0 Å². The third-order valence-electron chi connectivity index (χ3n) is 2.26. The first kappa shape index (κ1) is 7.66. The molecule has 1 saturated carbocycles. The van der Waals surface area contributed by atoms with E-state index in [2.05, 4.69) is 35.2 Å². The fraction of sp³-hybridized carbons (Fsp3) is 0.455. The Morgan fingerprint density at radius 1 is 1.25 bits per heavy atom. The maximum Gasteiger partial charge on any atom is 0.0222 e. The molecule has 1 fully saturated rings. The van der Waals surface area contributed by atoms with Crippen LogP contribution < -0.4 is 0 Å². The number of aryl methyl sites for hydroxylation is 1. The molecule has 1 aromatic rings. The lowest BCUT2D eigenvalue weighted by molar-refractivity contribution is 0.653. The van der Waals surface area contributed by atoms with E-state index < -0.39 is 0 Å². The molecule has 1 aliphatic rings. The summed E-state index contributed by atoms with van der Waals surface area (Å²) in [5.74, 6) is 0. The van der Waals surface area contributed by atoms with Gasteiger partial charge in [0.2, 0.25) is 0 Å². The molecule has 0 aliphatic heterocycles. The highest BCUT2D eigenvalue weighted by Crippen LogP contribution is 2.28. The number of allylic oxidation sites excluding steroid dienone is 2. The Bertz CT molecular complexity index is 251. The van der Waals surface area contributed by atoms with Gasteiger partial charge in [-0.25, -0.2) is 0 Å². The molecule has 1 heteroatoms. The molecule has 0 saturated heterocycles. The second-order valence-corrected chi connectivity index (χ2v) is 3.43. The van der Waals surface area contributed by atoms with Crippen LogP contribution in [0.25, 0.3) is 0 Å². The van der Waals surface area contributed by atoms with Gasteiger partial charge in [0, 0.05) is 18.9 Å². The van der Waals surface area contributed by atoms with E-state index in [0.717, 1.165) is 6.54 Å². The molecule has 0 aromatic carbocycles. The Labute approximate surface area is 73.7 Å². The second-order valence-electron chi connectivity index (χ2n) is 3.43. The summed E-state index contributed by atoms with van der Waals surface area (Å²) in [6, 6.07) is 4.17. The van der Waals surface area contributed by atoms with E-state index in [1.165, 1.54) is 25.7 Å². The van der Waals surface area contributed by atoms with Crippen molar-refractivity contribution in [3.05, 3.63) is 36.2 Å². The smallest absolute Gasteiger partial charge is 0.0222 e. The number of rotatable bonds is 4. The van der Waals surface area contributed by atoms with Gasteiger partial charge in [-0.15, -0.1) is 0 Å². The molecule has 12 heavy (non-hydrogen) atoms. The minimum atomic E-state index is 1.16. The molecular weight excluding hydrogens is 146 g/mol. The third-order valence-corrected chi connectivity index (χ3v) is 2.26. The first-order valence-electron chi connectivity index (χ1n) is 4.74. The van der Waals surface area contributed by atoms with E-state index in [1.807, 2.05) is 0 Å². The molecule has 0 bridgehead atoms. The Hall–Kier alpha value is -0.980. The quantitative estimate of drug-likeness (QED) is 0.472. The first-order valence-corrected chi connectivity index (χ1v) is 4.74. The highest BCUT2D eigenvalue weighted by molar-refractivity contribution is 5.15. The topological polar surface area (TPSA) is 4.93 Å². The zero-order valence-corrected chi connectivity index (χ0v) is 7.37. The van der Waals surface area contributed by atoms with Crippen LogP contribution in [0.4, 0.5) is 0 Å². The van der Waals surface area contributed by atoms with Gasteiger partial charge < -0.3 is 4.57 Å². The molecule has 1 nitrogen and oxygen atoms in total. The van der Waals surface area contributed by atoms with E-state index in [1.54, 1.807) is 5.57 Å². The van der Waals surface area contributed by atoms with Crippen molar-refractivity contribution in [1.82, 2.24) is 4.57 Å². The van der Waals surface area contributed by atoms with Crippen LogP contribution in [0.3, 0.4) is 0 Å². The average Bonchev–Trinajstić information content (AvgIpc) is 2.76. The molecule has 0 amide bonds. The van der Waals surface area contributed by atoms with Gasteiger partial charge in [0.05, 0.1) is 0 Å². The highest BCUT2D eigenvalue weighted by Gasteiger charge is 2.08. The Balaban J connectivity index is 1.65. The molecular formula is C11H15N. The van der Waals surface area contributed by atoms with E-state index >= 15 is 0 Å². The van der Waals surface area contributed by atoms with Crippen molar-refractivity contribution in [3.63, 3.8) is 0 Å². The van der Waals surface area contributed by atoms with Crippen LogP contribution in [0.2, 0.25) is 0 Å². The number of hydrogen-bond donors (Lipinski definition) is 0. The maximum absolute atomic E-state index is 2.41. The standard InChI is InChI=1S/C11H15N/c1(5-11-6-7-11)2-8-12-9-3-4-10-12/h3-5,9-10H,1-2,6-8H2. The van der Waals surface area contributed by atoms with Gasteiger partial charge in [-0.1, -0.05) is 11.6 Å². The highest BCUT2D eigenvalue weighted by atomic mass is 14.9. The van der Waals surface area contributed by atoms with Crippen molar-refractivity contribution in [2.75, 3.05) is 0 Å². The van der Waals surface area contributed by atoms with Crippen LogP contribution in [0.15, 0.2) is 36.2 Å². The van der Waals surface area contributed by atoms with Crippen LogP contribution in [0.1, 0.15) is 25.7 Å². The monoisotopic (exact) mass is 161 g/mol. The molecule has 64 valence electrons. The van der Waals surface area contributed by atoms with Gasteiger partial charge in [-0.2, -0.15) is 0 Å². The summed E-state index contributed by atoms with van der Waals surface area (Å²) in [7, 11) is 0. The minimum absolute atomic E-state index is 1.16. The molecule has 1 heterocycles. The molecule has 0 spiro atoms. The number of aromatic nitrogens is 1. The zero-order chi connectivity index (χ0) is 8.23. The van der Waals surface area contributed by atoms with E-state index in [4.69, 9.17) is 0 Å². The van der Waals surface area contributed by atoms with E-state index in [-0.39, 0.29) is 0 Å². The van der Waals surface area contributed by atoms with Gasteiger partial charge in [0.15, 0.2) is 0 Å². The lowest BCUT2D eigenvalue weighted by Crippen LogP contribution is -1.92. The summed E-state index contributed by atoms with van der Waals surface area (Å²) in [4.78, 5) is 0. The number of nitrogens with zero attached hydrogens (tertiary/aromatic N) is 1. The SMILES string of the molecule is C(CCCn1cccc1)=C1CC1. The summed E-state index contributed by atoms with van der Waals surface area (Å²) in [5.41, 5.74) is 1.67. The van der Waals surface area contributed by atoms with Crippen LogP contribution in [-0.4, -0.2) is 4.57 Å². The van der Waals surface area contributed by atoms with Crippen molar-refractivity contribution < 1.29 is 0 Å². The van der Waals surface area contributed by atoms with Crippen molar-refractivity contribution in [2.24, 2.45) is 0 Å². The molecule has 0 unspecified atom stereocenters. The fourth-order valence-corrected chi connectivity index (χ4v) is 1.38. The molecule has 0 radical (unpaired) electrons. The Kier molecular flexibility index (Phi) is 2.31. The molecule has 1 aliphatic carbocycles. The van der Waals surface area contributed by atoms with Crippen LogP contribution in [0.5, 0.6) is 0 Å². The second kappa shape index (κ2) is 3.61. The first-order chi connectivity index (χ1) is 5.95. The van der Waals surface area contributed by atoms with Gasteiger partial charge in [-0.3, -0.25) is 0 Å². The average molecular weight is 161 g/mol. The summed E-state index contributed by atoms with van der Waals surface area (Å²) in [6.45, 7) is 1.16. The maximum atomic E-state index is 2.41. The Morgan fingerprint density at radius 3 is 2.67 bits per heavy atom. The lowest BCUT2D eigenvalue weighted by Gasteiger charge is -1.98. The van der Waals surface area contributed by atoms with Crippen molar-refractivity contribution >= 4 is 0 Å². The molecule has 1 aromatic heterocycles. The van der Waals surface area contributed by atoms with Gasteiger partial charge in [-0.05, 0) is 37.8 Å². The van der Waals surface area contributed by atoms with E-state index in [9.17, 15) is 0 Å². The molecule has 0 N–H and O–H groups in total. The van der Waals surface area contributed by atoms with Crippen LogP contribution in [-0.2, 0) is 6.54 Å². The van der Waals surface area contributed by atoms with Gasteiger partial charge in [0.1, 0.15) is 0 Å². The zero-order valence-electron chi connectivity index (χ0n) is 7.37. The Morgan fingerprint density at radius 2 is 2.00 bits per heavy atom. The summed E-state index contributed by atoms with van der Waals surface area (Å²) < 4.78 is 2.24. The summed E-state index contributed by atoms with van der Waals surface area (Å²) in [6.07, 6.45) is 11.9.